The number of phenolic OH excluding ortho intramolecular Hbond substituents is 2. The molecular weight excluding hydrogens is 616 g/mol. The highest BCUT2D eigenvalue weighted by molar-refractivity contribution is 5.92. The van der Waals surface area contributed by atoms with Gasteiger partial charge in [-0.05, 0) is 153 Å². The summed E-state index contributed by atoms with van der Waals surface area (Å²) in [5, 5.41) is 32.8. The molecule has 49 heavy (non-hydrogen) atoms. The molecule has 260 valence electrons. The predicted octanol–water partition coefficient (Wildman–Crippen LogP) is 7.58. The van der Waals surface area contributed by atoms with Crippen molar-refractivity contribution in [3.05, 3.63) is 59.2 Å². The van der Waals surface area contributed by atoms with E-state index in [0.717, 1.165) is 57.8 Å². The molecule has 0 spiro atoms. The van der Waals surface area contributed by atoms with E-state index in [-0.39, 0.29) is 22.3 Å². The number of Topliss-reactive ketones (excluding diaryl/α,β-unsaturated/α-hetero) is 1. The minimum atomic E-state index is -0.0698. The standard InChI is InChI=1S/C21H26N4O2.C19H24O3/c1-21-8-7-14-15(4-3-13-9-18(26)19(27-2)10-16(13)14)17(21)5-6-20(21)24-25-11-22-23-12-25;1-19-8-7-12-13(15(19)5-6-18(19)21)4-3-11-9-16(20)17(22-2)10-14(11)12/h9-12,14-15,17,26H,3-8H2,1-2H3;9-10,12-13,15,20H,3-8H2,1-2H3/b24-20+;/t14?,15?,17?,21-;12?,13?,15?,19-/m00/s1. The Hall–Kier alpha value is -3.88. The van der Waals surface area contributed by atoms with Crippen molar-refractivity contribution in [1.82, 2.24) is 14.9 Å². The quantitative estimate of drug-likeness (QED) is 0.296. The zero-order valence-corrected chi connectivity index (χ0v) is 29.3. The van der Waals surface area contributed by atoms with Crippen molar-refractivity contribution >= 4 is 11.5 Å². The van der Waals surface area contributed by atoms with Crippen molar-refractivity contribution in [2.75, 3.05) is 14.2 Å². The van der Waals surface area contributed by atoms with Crippen molar-refractivity contribution in [2.24, 2.45) is 39.6 Å². The average molecular weight is 667 g/mol. The van der Waals surface area contributed by atoms with E-state index in [9.17, 15) is 15.0 Å². The lowest BCUT2D eigenvalue weighted by molar-refractivity contribution is -0.129. The van der Waals surface area contributed by atoms with E-state index >= 15 is 0 Å². The second-order valence-corrected chi connectivity index (χ2v) is 16.1. The van der Waals surface area contributed by atoms with E-state index in [1.165, 1.54) is 47.2 Å². The topological polar surface area (TPSA) is 119 Å². The van der Waals surface area contributed by atoms with Gasteiger partial charge in [-0.2, -0.15) is 5.10 Å². The molecule has 8 atom stereocenters. The van der Waals surface area contributed by atoms with Crippen LogP contribution in [0.25, 0.3) is 0 Å². The van der Waals surface area contributed by atoms with Crippen LogP contribution in [0.5, 0.6) is 23.0 Å². The molecule has 0 amide bonds. The van der Waals surface area contributed by atoms with Crippen LogP contribution in [0.3, 0.4) is 0 Å². The van der Waals surface area contributed by atoms with Crippen LogP contribution < -0.4 is 9.47 Å². The van der Waals surface area contributed by atoms with Crippen LogP contribution in [-0.4, -0.2) is 50.8 Å². The third-order valence-corrected chi connectivity index (χ3v) is 14.1. The van der Waals surface area contributed by atoms with E-state index in [1.807, 2.05) is 18.2 Å². The number of ether oxygens (including phenoxy) is 2. The fraction of sp³-hybridized carbons (Fsp3) is 0.600. The third-order valence-electron chi connectivity index (χ3n) is 14.1. The molecule has 9 nitrogen and oxygen atoms in total. The summed E-state index contributed by atoms with van der Waals surface area (Å²) in [7, 11) is 3.24. The van der Waals surface area contributed by atoms with E-state index in [1.54, 1.807) is 31.6 Å². The molecule has 3 aromatic rings. The summed E-state index contributed by atoms with van der Waals surface area (Å²) >= 11 is 0. The smallest absolute Gasteiger partial charge is 0.160 e. The summed E-state index contributed by atoms with van der Waals surface area (Å²) in [6, 6.07) is 7.94. The molecule has 1 heterocycles. The average Bonchev–Trinajstić information content (AvgIpc) is 3.82. The first-order valence-corrected chi connectivity index (χ1v) is 18.4. The van der Waals surface area contributed by atoms with Gasteiger partial charge >= 0.3 is 0 Å². The maximum atomic E-state index is 12.3. The lowest BCUT2D eigenvalue weighted by Crippen LogP contribution is -2.42. The van der Waals surface area contributed by atoms with Gasteiger partial charge < -0.3 is 19.7 Å². The van der Waals surface area contributed by atoms with Gasteiger partial charge in [0.05, 0.1) is 14.2 Å². The summed E-state index contributed by atoms with van der Waals surface area (Å²) in [5.41, 5.74) is 6.73. The van der Waals surface area contributed by atoms with Crippen LogP contribution in [0.15, 0.2) is 42.0 Å². The van der Waals surface area contributed by atoms with Crippen molar-refractivity contribution in [1.29, 1.82) is 0 Å². The minimum absolute atomic E-state index is 0.0698. The Morgan fingerprint density at radius 2 is 1.22 bits per heavy atom. The molecule has 2 aromatic carbocycles. The number of hydrogen-bond donors (Lipinski definition) is 2. The molecule has 0 bridgehead atoms. The van der Waals surface area contributed by atoms with E-state index in [4.69, 9.17) is 14.6 Å². The number of methoxy groups -OCH3 is 2. The Balaban J connectivity index is 0.000000145. The first-order chi connectivity index (χ1) is 23.6. The largest absolute Gasteiger partial charge is 0.504 e. The lowest BCUT2D eigenvalue weighted by atomic mass is 9.55. The Morgan fingerprint density at radius 1 is 0.714 bits per heavy atom. The first-order valence-electron chi connectivity index (χ1n) is 18.4. The van der Waals surface area contributed by atoms with Crippen LogP contribution in [0.1, 0.15) is 112 Å². The minimum Gasteiger partial charge on any atom is -0.504 e. The second kappa shape index (κ2) is 12.2. The number of aromatic hydroxyl groups is 2. The summed E-state index contributed by atoms with van der Waals surface area (Å²) in [4.78, 5) is 12.3. The van der Waals surface area contributed by atoms with Gasteiger partial charge in [-0.15, -0.1) is 10.2 Å². The number of nitrogens with zero attached hydrogens (tertiary/aromatic N) is 4. The number of hydrogen-bond acceptors (Lipinski definition) is 8. The van der Waals surface area contributed by atoms with Crippen LogP contribution in [-0.2, 0) is 17.6 Å². The Morgan fingerprint density at radius 3 is 1.78 bits per heavy atom. The summed E-state index contributed by atoms with van der Waals surface area (Å²) in [6.45, 7) is 4.62. The van der Waals surface area contributed by atoms with Gasteiger partial charge in [0.1, 0.15) is 18.4 Å². The molecule has 9 heteroatoms. The number of carbonyl (C=O) groups is 1. The van der Waals surface area contributed by atoms with Crippen molar-refractivity contribution in [3.63, 3.8) is 0 Å². The number of aromatic nitrogens is 3. The fourth-order valence-electron chi connectivity index (χ4n) is 11.6. The van der Waals surface area contributed by atoms with E-state index in [2.05, 4.69) is 30.1 Å². The molecule has 4 saturated carbocycles. The zero-order chi connectivity index (χ0) is 34.1. The van der Waals surface area contributed by atoms with Crippen LogP contribution >= 0.6 is 0 Å². The molecule has 4 fully saturated rings. The van der Waals surface area contributed by atoms with Gasteiger partial charge in [-0.1, -0.05) is 13.8 Å². The third kappa shape index (κ3) is 5.16. The van der Waals surface area contributed by atoms with Crippen molar-refractivity contribution < 1.29 is 24.5 Å². The number of phenols is 2. The van der Waals surface area contributed by atoms with Crippen LogP contribution in [0, 0.1) is 34.5 Å². The molecule has 0 aliphatic heterocycles. The molecule has 6 aliphatic rings. The van der Waals surface area contributed by atoms with Crippen molar-refractivity contribution in [2.45, 2.75) is 103 Å². The number of fused-ring (bicyclic) bond motifs is 10. The van der Waals surface area contributed by atoms with Gasteiger partial charge in [0.15, 0.2) is 23.0 Å². The lowest BCUT2D eigenvalue weighted by Gasteiger charge is -2.49. The monoisotopic (exact) mass is 666 g/mol. The number of ketones is 1. The Bertz CT molecular complexity index is 1790. The van der Waals surface area contributed by atoms with E-state index < -0.39 is 0 Å². The number of benzene rings is 2. The molecule has 6 aliphatic carbocycles. The molecule has 6 unspecified atom stereocenters. The highest BCUT2D eigenvalue weighted by Gasteiger charge is 2.55. The molecule has 2 N–H and O–H groups in total. The highest BCUT2D eigenvalue weighted by atomic mass is 16.5. The van der Waals surface area contributed by atoms with Gasteiger partial charge in [-0.3, -0.25) is 4.79 Å². The number of aryl methyl sites for hydroxylation is 2. The first kappa shape index (κ1) is 32.3. The van der Waals surface area contributed by atoms with Crippen molar-refractivity contribution in [3.8, 4) is 23.0 Å². The highest BCUT2D eigenvalue weighted by Crippen LogP contribution is 2.61. The van der Waals surface area contributed by atoms with Gasteiger partial charge in [0, 0.05) is 23.0 Å². The SMILES string of the molecule is COc1cc2c(cc1O)CCC1C2CC[C@]2(C)/C(=N/n3cnnc3)CCC12.COc1cc2c(cc1O)CCC1C2CC[C@]2(C)C(=O)CCC12. The van der Waals surface area contributed by atoms with Gasteiger partial charge in [0.25, 0.3) is 0 Å². The van der Waals surface area contributed by atoms with Crippen LogP contribution in [0.4, 0.5) is 0 Å². The second-order valence-electron chi connectivity index (χ2n) is 16.1. The maximum Gasteiger partial charge on any atom is 0.160 e. The maximum absolute atomic E-state index is 12.3. The van der Waals surface area contributed by atoms with Crippen LogP contribution in [0.2, 0.25) is 0 Å². The summed E-state index contributed by atoms with van der Waals surface area (Å²) in [6.07, 6.45) is 16.3. The number of rotatable bonds is 3. The zero-order valence-electron chi connectivity index (χ0n) is 29.3. The summed E-state index contributed by atoms with van der Waals surface area (Å²) < 4.78 is 12.4. The fourth-order valence-corrected chi connectivity index (χ4v) is 11.6. The van der Waals surface area contributed by atoms with Gasteiger partial charge in [-0.25, -0.2) is 4.68 Å². The molecular formula is C40H50N4O5. The Labute approximate surface area is 289 Å². The van der Waals surface area contributed by atoms with E-state index in [0.29, 0.717) is 52.8 Å². The van der Waals surface area contributed by atoms with Gasteiger partial charge in [0.2, 0.25) is 0 Å². The molecule has 0 saturated heterocycles. The number of carbonyl (C=O) groups excluding carboxylic acids is 1. The summed E-state index contributed by atoms with van der Waals surface area (Å²) in [5.74, 6) is 5.79. The molecule has 1 aromatic heterocycles. The molecule has 9 rings (SSSR count). The Kier molecular flexibility index (Phi) is 8.03. The normalized spacial score (nSPS) is 34.8. The molecule has 0 radical (unpaired) electrons. The predicted molar refractivity (Wildman–Crippen MR) is 186 cm³/mol.